The average Bonchev–Trinajstić information content (AvgIpc) is 2.94. The Bertz CT molecular complexity index is 1520. The molecule has 13 heteroatoms. The third kappa shape index (κ3) is 9.87. The molecule has 0 aliphatic rings. The molecule has 0 radical (unpaired) electrons. The van der Waals surface area contributed by atoms with E-state index in [4.69, 9.17) is 23.2 Å². The van der Waals surface area contributed by atoms with Gasteiger partial charge in [-0.3, -0.25) is 13.9 Å². The maximum atomic E-state index is 14.1. The van der Waals surface area contributed by atoms with Crippen LogP contribution in [0.5, 0.6) is 0 Å². The zero-order valence-electron chi connectivity index (χ0n) is 23.6. The molecule has 0 fully saturated rings. The van der Waals surface area contributed by atoms with Gasteiger partial charge in [0.1, 0.15) is 12.6 Å². The van der Waals surface area contributed by atoms with Crippen LogP contribution in [0.2, 0.25) is 10.0 Å². The van der Waals surface area contributed by atoms with Crippen LogP contribution in [0, 0.1) is 0 Å². The molecule has 43 heavy (non-hydrogen) atoms. The first-order valence-electron chi connectivity index (χ1n) is 13.4. The largest absolute Gasteiger partial charge is 0.416 e. The maximum Gasteiger partial charge on any atom is 0.416 e. The number of rotatable bonds is 13. The zero-order valence-corrected chi connectivity index (χ0v) is 25.9. The van der Waals surface area contributed by atoms with Crippen LogP contribution in [-0.2, 0) is 38.8 Å². The van der Waals surface area contributed by atoms with Crippen molar-refractivity contribution in [2.45, 2.75) is 44.9 Å². The van der Waals surface area contributed by atoms with Crippen molar-refractivity contribution in [3.63, 3.8) is 0 Å². The number of hydrogen-bond acceptors (Lipinski definition) is 4. The van der Waals surface area contributed by atoms with E-state index in [-0.39, 0.29) is 23.7 Å². The number of benzene rings is 3. The Morgan fingerprint density at radius 2 is 1.67 bits per heavy atom. The van der Waals surface area contributed by atoms with E-state index in [1.807, 2.05) is 6.92 Å². The lowest BCUT2D eigenvalue weighted by Crippen LogP contribution is -2.53. The molecule has 1 atom stereocenters. The molecule has 232 valence electrons. The van der Waals surface area contributed by atoms with E-state index in [1.54, 1.807) is 42.5 Å². The van der Waals surface area contributed by atoms with Crippen molar-refractivity contribution < 1.29 is 31.2 Å². The number of nitrogens with zero attached hydrogens (tertiary/aromatic N) is 2. The van der Waals surface area contributed by atoms with Crippen LogP contribution in [0.3, 0.4) is 0 Å². The van der Waals surface area contributed by atoms with Gasteiger partial charge in [-0.2, -0.15) is 13.2 Å². The minimum absolute atomic E-state index is 0.0815. The summed E-state index contributed by atoms with van der Waals surface area (Å²) in [4.78, 5) is 28.8. The van der Waals surface area contributed by atoms with Crippen molar-refractivity contribution in [1.82, 2.24) is 10.2 Å². The van der Waals surface area contributed by atoms with Crippen molar-refractivity contribution in [2.75, 3.05) is 23.7 Å². The Labute approximate surface area is 259 Å². The summed E-state index contributed by atoms with van der Waals surface area (Å²) >= 11 is 12.5. The summed E-state index contributed by atoms with van der Waals surface area (Å²) in [6, 6.07) is 16.1. The molecular weight excluding hydrogens is 626 g/mol. The van der Waals surface area contributed by atoms with E-state index < -0.39 is 46.2 Å². The predicted molar refractivity (Wildman–Crippen MR) is 162 cm³/mol. The first-order valence-corrected chi connectivity index (χ1v) is 16.0. The second-order valence-corrected chi connectivity index (χ2v) is 12.7. The van der Waals surface area contributed by atoms with Gasteiger partial charge in [-0.25, -0.2) is 8.42 Å². The molecule has 1 N–H and O–H groups in total. The zero-order chi connectivity index (χ0) is 31.8. The molecule has 0 aromatic heterocycles. The standard InChI is InChI=1S/C30H32Cl2F3N3O4S/c1-3-4-15-36-29(40)27(16-21-9-6-5-7-10-21)37(19-22-13-14-24(31)18-26(22)32)28(39)20-38(43(2,41)42)25-12-8-11-23(17-25)30(33,34)35/h5-14,17-18,27H,3-4,15-16,19-20H2,1-2H3,(H,36,40). The molecule has 3 aromatic carbocycles. The number of anilines is 1. The highest BCUT2D eigenvalue weighted by molar-refractivity contribution is 7.92. The van der Waals surface area contributed by atoms with Crippen LogP contribution >= 0.6 is 23.2 Å². The van der Waals surface area contributed by atoms with Crippen molar-refractivity contribution in [3.05, 3.63) is 99.5 Å². The van der Waals surface area contributed by atoms with Gasteiger partial charge in [0.05, 0.1) is 17.5 Å². The summed E-state index contributed by atoms with van der Waals surface area (Å²) in [5.41, 5.74) is -0.255. The quantitative estimate of drug-likeness (QED) is 0.218. The summed E-state index contributed by atoms with van der Waals surface area (Å²) in [6.07, 6.45) is -2.36. The molecule has 0 bridgehead atoms. The topological polar surface area (TPSA) is 86.8 Å². The van der Waals surface area contributed by atoms with Crippen LogP contribution in [0.25, 0.3) is 0 Å². The highest BCUT2D eigenvalue weighted by atomic mass is 35.5. The molecule has 0 spiro atoms. The summed E-state index contributed by atoms with van der Waals surface area (Å²) in [5.74, 6) is -1.29. The third-order valence-corrected chi connectivity index (χ3v) is 8.32. The first kappa shape index (κ1) is 34.2. The second-order valence-electron chi connectivity index (χ2n) is 9.93. The van der Waals surface area contributed by atoms with Gasteiger partial charge in [-0.1, -0.05) is 79.0 Å². The van der Waals surface area contributed by atoms with Gasteiger partial charge in [0, 0.05) is 29.6 Å². The number of unbranched alkanes of at least 4 members (excludes halogenated alkanes) is 1. The fraction of sp³-hybridized carbons (Fsp3) is 0.333. The number of nitrogens with one attached hydrogen (secondary N) is 1. The lowest BCUT2D eigenvalue weighted by atomic mass is 10.0. The molecule has 0 heterocycles. The fourth-order valence-corrected chi connectivity index (χ4v) is 5.65. The van der Waals surface area contributed by atoms with Crippen molar-refractivity contribution in [2.24, 2.45) is 0 Å². The number of carbonyl (C=O) groups excluding carboxylic acids is 2. The first-order chi connectivity index (χ1) is 20.2. The lowest BCUT2D eigenvalue weighted by Gasteiger charge is -2.33. The van der Waals surface area contributed by atoms with Crippen LogP contribution in [-0.4, -0.2) is 50.5 Å². The third-order valence-electron chi connectivity index (χ3n) is 6.60. The monoisotopic (exact) mass is 657 g/mol. The van der Waals surface area contributed by atoms with Crippen LogP contribution in [0.15, 0.2) is 72.8 Å². The van der Waals surface area contributed by atoms with Gasteiger partial charge < -0.3 is 10.2 Å². The van der Waals surface area contributed by atoms with E-state index in [1.165, 1.54) is 17.0 Å². The highest BCUT2D eigenvalue weighted by Crippen LogP contribution is 2.32. The lowest BCUT2D eigenvalue weighted by molar-refractivity contribution is -0.140. The molecule has 0 saturated carbocycles. The summed E-state index contributed by atoms with van der Waals surface area (Å²) in [6.45, 7) is 1.25. The molecule has 7 nitrogen and oxygen atoms in total. The number of carbonyl (C=O) groups is 2. The maximum absolute atomic E-state index is 14.1. The number of hydrogen-bond donors (Lipinski definition) is 1. The minimum atomic E-state index is -4.74. The van der Waals surface area contributed by atoms with Gasteiger partial charge in [-0.05, 0) is 47.9 Å². The normalized spacial score (nSPS) is 12.4. The molecule has 1 unspecified atom stereocenters. The van der Waals surface area contributed by atoms with Gasteiger partial charge in [0.25, 0.3) is 0 Å². The number of halogens is 5. The highest BCUT2D eigenvalue weighted by Gasteiger charge is 2.35. The summed E-state index contributed by atoms with van der Waals surface area (Å²) in [5, 5.41) is 3.41. The van der Waals surface area contributed by atoms with Crippen LogP contribution < -0.4 is 9.62 Å². The van der Waals surface area contributed by atoms with Gasteiger partial charge in [0.2, 0.25) is 21.8 Å². The Hall–Kier alpha value is -3.28. The minimum Gasteiger partial charge on any atom is -0.354 e. The Balaban J connectivity index is 2.09. The molecule has 0 saturated heterocycles. The Kier molecular flexibility index (Phi) is 11.9. The van der Waals surface area contributed by atoms with E-state index in [2.05, 4.69) is 5.32 Å². The SMILES string of the molecule is CCCCNC(=O)C(Cc1ccccc1)N(Cc1ccc(Cl)cc1Cl)C(=O)CN(c1cccc(C(F)(F)F)c1)S(C)(=O)=O. The Morgan fingerprint density at radius 1 is 0.977 bits per heavy atom. The molecule has 3 aromatic rings. The summed E-state index contributed by atoms with van der Waals surface area (Å²) in [7, 11) is -4.24. The van der Waals surface area contributed by atoms with E-state index >= 15 is 0 Å². The van der Waals surface area contributed by atoms with Crippen LogP contribution in [0.1, 0.15) is 36.5 Å². The number of amides is 2. The number of alkyl halides is 3. The Morgan fingerprint density at radius 3 is 2.28 bits per heavy atom. The van der Waals surface area contributed by atoms with E-state index in [9.17, 15) is 31.2 Å². The van der Waals surface area contributed by atoms with Crippen molar-refractivity contribution >= 4 is 50.7 Å². The van der Waals surface area contributed by atoms with Gasteiger partial charge in [-0.15, -0.1) is 0 Å². The van der Waals surface area contributed by atoms with Crippen molar-refractivity contribution in [1.29, 1.82) is 0 Å². The molecule has 2 amide bonds. The molecule has 0 aliphatic carbocycles. The number of sulfonamides is 1. The smallest absolute Gasteiger partial charge is 0.354 e. The second kappa shape index (κ2) is 14.9. The predicted octanol–water partition coefficient (Wildman–Crippen LogP) is 6.33. The molecule has 3 rings (SSSR count). The average molecular weight is 659 g/mol. The summed E-state index contributed by atoms with van der Waals surface area (Å²) < 4.78 is 66.6. The molecular formula is C30H32Cl2F3N3O4S. The molecule has 0 aliphatic heterocycles. The van der Waals surface area contributed by atoms with Crippen molar-refractivity contribution in [3.8, 4) is 0 Å². The van der Waals surface area contributed by atoms with E-state index in [0.29, 0.717) is 33.9 Å². The fourth-order valence-electron chi connectivity index (χ4n) is 4.34. The van der Waals surface area contributed by atoms with Crippen LogP contribution in [0.4, 0.5) is 18.9 Å². The van der Waals surface area contributed by atoms with Gasteiger partial charge >= 0.3 is 6.18 Å². The van der Waals surface area contributed by atoms with Gasteiger partial charge in [0.15, 0.2) is 0 Å². The van der Waals surface area contributed by atoms with E-state index in [0.717, 1.165) is 30.4 Å².